The van der Waals surface area contributed by atoms with Gasteiger partial charge in [0.25, 0.3) is 0 Å². The lowest BCUT2D eigenvalue weighted by atomic mass is 10.1. The highest BCUT2D eigenvalue weighted by Crippen LogP contribution is 2.30. The van der Waals surface area contributed by atoms with Crippen molar-refractivity contribution in [2.75, 3.05) is 19.7 Å². The van der Waals surface area contributed by atoms with Crippen LogP contribution in [0.1, 0.15) is 18.9 Å². The first kappa shape index (κ1) is 21.0. The molecule has 0 bridgehead atoms. The molecule has 0 saturated carbocycles. The fourth-order valence-electron chi connectivity index (χ4n) is 2.35. The van der Waals surface area contributed by atoms with Gasteiger partial charge in [0.1, 0.15) is 0 Å². The van der Waals surface area contributed by atoms with Crippen LogP contribution < -0.4 is 0 Å². The number of alkyl halides is 3. The minimum Gasteiger partial charge on any atom is -0.434 e. The van der Waals surface area contributed by atoms with E-state index in [1.807, 2.05) is 18.2 Å². The van der Waals surface area contributed by atoms with Crippen molar-refractivity contribution in [1.29, 1.82) is 0 Å². The molecule has 0 spiro atoms. The SMILES string of the molecule is CCOC(=O)OC1=C(OS(=O)(=O)C(F)(F)F)CN(Cc2ccccc2)CC1. The number of benzene rings is 1. The van der Waals surface area contributed by atoms with Crippen LogP contribution in [0.4, 0.5) is 18.0 Å². The second kappa shape index (κ2) is 8.61. The van der Waals surface area contributed by atoms with Crippen molar-refractivity contribution in [2.24, 2.45) is 0 Å². The summed E-state index contributed by atoms with van der Waals surface area (Å²) in [5.41, 5.74) is -4.72. The zero-order valence-electron chi connectivity index (χ0n) is 14.4. The molecule has 0 radical (unpaired) electrons. The van der Waals surface area contributed by atoms with E-state index in [1.54, 1.807) is 17.0 Å². The van der Waals surface area contributed by atoms with Crippen LogP contribution >= 0.6 is 0 Å². The Kier molecular flexibility index (Phi) is 6.71. The number of ether oxygens (including phenoxy) is 2. The molecular formula is C16H18F3NO6S. The Morgan fingerprint density at radius 3 is 2.44 bits per heavy atom. The summed E-state index contributed by atoms with van der Waals surface area (Å²) in [7, 11) is -5.89. The number of hydrogen-bond acceptors (Lipinski definition) is 7. The van der Waals surface area contributed by atoms with Gasteiger partial charge in [-0.15, -0.1) is 0 Å². The van der Waals surface area contributed by atoms with Crippen LogP contribution in [0.15, 0.2) is 41.9 Å². The van der Waals surface area contributed by atoms with E-state index in [2.05, 4.69) is 8.92 Å². The third kappa shape index (κ3) is 5.86. The first-order valence-electron chi connectivity index (χ1n) is 7.96. The molecule has 1 heterocycles. The Hall–Kier alpha value is -2.27. The van der Waals surface area contributed by atoms with Crippen LogP contribution in [0.5, 0.6) is 0 Å². The fraction of sp³-hybridized carbons (Fsp3) is 0.438. The second-order valence-electron chi connectivity index (χ2n) is 5.56. The van der Waals surface area contributed by atoms with Gasteiger partial charge in [0.05, 0.1) is 13.2 Å². The molecule has 150 valence electrons. The topological polar surface area (TPSA) is 82.1 Å². The molecular weight excluding hydrogens is 391 g/mol. The Morgan fingerprint density at radius 2 is 1.85 bits per heavy atom. The van der Waals surface area contributed by atoms with Gasteiger partial charge in [-0.3, -0.25) is 4.90 Å². The Morgan fingerprint density at radius 1 is 1.19 bits per heavy atom. The molecule has 1 aliphatic heterocycles. The number of halogens is 3. The first-order valence-corrected chi connectivity index (χ1v) is 9.37. The molecule has 1 aromatic carbocycles. The lowest BCUT2D eigenvalue weighted by Crippen LogP contribution is -2.35. The van der Waals surface area contributed by atoms with Crippen LogP contribution in [-0.4, -0.2) is 44.7 Å². The van der Waals surface area contributed by atoms with Crippen LogP contribution in [0.25, 0.3) is 0 Å². The molecule has 11 heteroatoms. The summed E-state index contributed by atoms with van der Waals surface area (Å²) in [6.07, 6.45) is -1.16. The molecule has 0 unspecified atom stereocenters. The Balaban J connectivity index is 2.22. The number of carbonyl (C=O) groups is 1. The lowest BCUT2D eigenvalue weighted by Gasteiger charge is -2.29. The van der Waals surface area contributed by atoms with Crippen molar-refractivity contribution >= 4 is 16.3 Å². The van der Waals surface area contributed by atoms with Gasteiger partial charge in [0.2, 0.25) is 0 Å². The van der Waals surface area contributed by atoms with Crippen molar-refractivity contribution in [3.8, 4) is 0 Å². The smallest absolute Gasteiger partial charge is 0.434 e. The van der Waals surface area contributed by atoms with Crippen molar-refractivity contribution in [3.05, 3.63) is 47.4 Å². The van der Waals surface area contributed by atoms with Gasteiger partial charge in [0.15, 0.2) is 11.5 Å². The number of carbonyl (C=O) groups excluding carboxylic acids is 1. The lowest BCUT2D eigenvalue weighted by molar-refractivity contribution is -0.0530. The highest BCUT2D eigenvalue weighted by molar-refractivity contribution is 7.87. The largest absolute Gasteiger partial charge is 0.534 e. The van der Waals surface area contributed by atoms with Gasteiger partial charge >= 0.3 is 21.8 Å². The molecule has 27 heavy (non-hydrogen) atoms. The van der Waals surface area contributed by atoms with E-state index in [9.17, 15) is 26.4 Å². The van der Waals surface area contributed by atoms with E-state index in [0.717, 1.165) is 5.56 Å². The van der Waals surface area contributed by atoms with Crippen LogP contribution in [0.3, 0.4) is 0 Å². The molecule has 0 aliphatic carbocycles. The number of hydrogen-bond donors (Lipinski definition) is 0. The third-order valence-electron chi connectivity index (χ3n) is 3.54. The van der Waals surface area contributed by atoms with Crippen molar-refractivity contribution in [2.45, 2.75) is 25.4 Å². The van der Waals surface area contributed by atoms with Crippen LogP contribution in [0.2, 0.25) is 0 Å². The highest BCUT2D eigenvalue weighted by atomic mass is 32.2. The van der Waals surface area contributed by atoms with E-state index in [-0.39, 0.29) is 25.3 Å². The second-order valence-corrected chi connectivity index (χ2v) is 7.10. The summed E-state index contributed by atoms with van der Waals surface area (Å²) >= 11 is 0. The summed E-state index contributed by atoms with van der Waals surface area (Å²) in [6.45, 7) is 1.90. The Labute approximate surface area is 154 Å². The van der Waals surface area contributed by atoms with Crippen LogP contribution in [0, 0.1) is 0 Å². The zero-order valence-corrected chi connectivity index (χ0v) is 15.2. The van der Waals surface area contributed by atoms with E-state index < -0.39 is 27.5 Å². The van der Waals surface area contributed by atoms with Crippen molar-refractivity contribution < 1.29 is 40.0 Å². The van der Waals surface area contributed by atoms with Crippen molar-refractivity contribution in [3.63, 3.8) is 0 Å². The average Bonchev–Trinajstić information content (AvgIpc) is 2.57. The van der Waals surface area contributed by atoms with E-state index in [0.29, 0.717) is 13.1 Å². The monoisotopic (exact) mass is 409 g/mol. The average molecular weight is 409 g/mol. The third-order valence-corrected chi connectivity index (χ3v) is 4.53. The Bertz CT molecular complexity index is 792. The maximum Gasteiger partial charge on any atom is 0.534 e. The van der Waals surface area contributed by atoms with Gasteiger partial charge in [-0.1, -0.05) is 30.3 Å². The predicted molar refractivity (Wildman–Crippen MR) is 87.5 cm³/mol. The summed E-state index contributed by atoms with van der Waals surface area (Å²) in [5, 5.41) is 0. The molecule has 0 atom stereocenters. The molecule has 7 nitrogen and oxygen atoms in total. The van der Waals surface area contributed by atoms with Gasteiger partial charge in [-0.25, -0.2) is 4.79 Å². The van der Waals surface area contributed by atoms with E-state index in [1.165, 1.54) is 6.92 Å². The summed E-state index contributed by atoms with van der Waals surface area (Å²) in [6, 6.07) is 9.06. The first-order chi connectivity index (χ1) is 12.6. The maximum absolute atomic E-state index is 12.7. The maximum atomic E-state index is 12.7. The molecule has 1 aromatic rings. The molecule has 0 N–H and O–H groups in total. The summed E-state index contributed by atoms with van der Waals surface area (Å²) in [4.78, 5) is 13.1. The van der Waals surface area contributed by atoms with Crippen molar-refractivity contribution in [1.82, 2.24) is 4.90 Å². The predicted octanol–water partition coefficient (Wildman–Crippen LogP) is 3.14. The molecule has 0 amide bonds. The summed E-state index contributed by atoms with van der Waals surface area (Å²) in [5.74, 6) is -0.895. The van der Waals surface area contributed by atoms with Gasteiger partial charge in [-0.05, 0) is 12.5 Å². The van der Waals surface area contributed by atoms with E-state index >= 15 is 0 Å². The quantitative estimate of drug-likeness (QED) is 0.406. The molecule has 0 aromatic heterocycles. The zero-order chi connectivity index (χ0) is 20.1. The van der Waals surface area contributed by atoms with Crippen LogP contribution in [-0.2, 0) is 30.3 Å². The summed E-state index contributed by atoms with van der Waals surface area (Å²) < 4.78 is 74.4. The highest BCUT2D eigenvalue weighted by Gasteiger charge is 2.49. The number of rotatable bonds is 6. The molecule has 0 saturated heterocycles. The van der Waals surface area contributed by atoms with Gasteiger partial charge in [-0.2, -0.15) is 21.6 Å². The molecule has 2 rings (SSSR count). The fourth-order valence-corrected chi connectivity index (χ4v) is 2.86. The standard InChI is InChI=1S/C16H18F3NO6S/c1-2-24-15(21)25-13-8-9-20(10-12-6-4-3-5-7-12)11-14(13)26-27(22,23)16(17,18)19/h3-7H,2,8-11H2,1H3. The normalized spacial score (nSPS) is 16.1. The van der Waals surface area contributed by atoms with E-state index in [4.69, 9.17) is 4.74 Å². The number of nitrogens with zero attached hydrogens (tertiary/aromatic N) is 1. The molecule has 1 aliphatic rings. The van der Waals surface area contributed by atoms with Gasteiger partial charge in [0, 0.05) is 19.5 Å². The minimum atomic E-state index is -5.89. The molecule has 0 fully saturated rings. The van der Waals surface area contributed by atoms with Gasteiger partial charge < -0.3 is 13.7 Å². The minimum absolute atomic E-state index is 0.0106.